The van der Waals surface area contributed by atoms with Gasteiger partial charge in [0.1, 0.15) is 24.8 Å². The molecule has 0 saturated carbocycles. The minimum absolute atomic E-state index is 0.0674. The fourth-order valence-electron chi connectivity index (χ4n) is 1.52. The number of esters is 1. The predicted molar refractivity (Wildman–Crippen MR) is 68.6 cm³/mol. The largest absolute Gasteiger partial charge is 0.490 e. The molecule has 0 aliphatic carbocycles. The van der Waals surface area contributed by atoms with Gasteiger partial charge in [-0.05, 0) is 24.3 Å². The van der Waals surface area contributed by atoms with E-state index in [9.17, 15) is 9.18 Å². The molecule has 0 aliphatic heterocycles. The molecule has 0 saturated heterocycles. The molecule has 0 unspecified atom stereocenters. The monoisotopic (exact) mass is 260 g/mol. The van der Waals surface area contributed by atoms with Crippen LogP contribution in [0.5, 0.6) is 5.75 Å². The van der Waals surface area contributed by atoms with Gasteiger partial charge in [-0.15, -0.1) is 0 Å². The standard InChI is InChI=1S/C15H13FO3/c16-14-9-5-4-8-13(14)15(17)19-11-10-18-12-6-2-1-3-7-12/h1-9H,10-11H2. The Morgan fingerprint density at radius 3 is 2.37 bits per heavy atom. The lowest BCUT2D eigenvalue weighted by Crippen LogP contribution is -2.13. The zero-order chi connectivity index (χ0) is 13.5. The molecule has 2 aromatic rings. The Hall–Kier alpha value is -2.36. The van der Waals surface area contributed by atoms with Crippen LogP contribution in [0.1, 0.15) is 10.4 Å². The number of para-hydroxylation sites is 1. The Balaban J connectivity index is 1.77. The van der Waals surface area contributed by atoms with Crippen LogP contribution in [0.4, 0.5) is 4.39 Å². The summed E-state index contributed by atoms with van der Waals surface area (Å²) in [5.41, 5.74) is -0.0674. The van der Waals surface area contributed by atoms with Crippen molar-refractivity contribution in [3.63, 3.8) is 0 Å². The number of rotatable bonds is 5. The second-order valence-electron chi connectivity index (χ2n) is 3.78. The van der Waals surface area contributed by atoms with Crippen molar-refractivity contribution in [1.29, 1.82) is 0 Å². The van der Waals surface area contributed by atoms with Crippen molar-refractivity contribution in [2.45, 2.75) is 0 Å². The molecule has 2 aromatic carbocycles. The van der Waals surface area contributed by atoms with Gasteiger partial charge in [0.25, 0.3) is 0 Å². The molecule has 0 heterocycles. The van der Waals surface area contributed by atoms with Gasteiger partial charge in [0, 0.05) is 0 Å². The van der Waals surface area contributed by atoms with Gasteiger partial charge < -0.3 is 9.47 Å². The maximum absolute atomic E-state index is 13.3. The second-order valence-corrected chi connectivity index (χ2v) is 3.78. The van der Waals surface area contributed by atoms with Crippen LogP contribution < -0.4 is 4.74 Å². The molecule has 19 heavy (non-hydrogen) atoms. The lowest BCUT2D eigenvalue weighted by Gasteiger charge is -2.07. The van der Waals surface area contributed by atoms with Gasteiger partial charge in [-0.2, -0.15) is 0 Å². The molecule has 3 nitrogen and oxygen atoms in total. The summed E-state index contributed by atoms with van der Waals surface area (Å²) < 4.78 is 23.6. The highest BCUT2D eigenvalue weighted by Crippen LogP contribution is 2.09. The van der Waals surface area contributed by atoms with Crippen LogP contribution in [-0.4, -0.2) is 19.2 Å². The van der Waals surface area contributed by atoms with E-state index in [0.29, 0.717) is 5.75 Å². The predicted octanol–water partition coefficient (Wildman–Crippen LogP) is 3.06. The maximum Gasteiger partial charge on any atom is 0.341 e. The van der Waals surface area contributed by atoms with Crippen molar-refractivity contribution < 1.29 is 18.7 Å². The summed E-state index contributed by atoms with van der Waals surface area (Å²) >= 11 is 0. The van der Waals surface area contributed by atoms with E-state index in [2.05, 4.69) is 0 Å². The first-order chi connectivity index (χ1) is 9.27. The summed E-state index contributed by atoms with van der Waals surface area (Å²) in [6, 6.07) is 14.9. The van der Waals surface area contributed by atoms with Crippen molar-refractivity contribution in [1.82, 2.24) is 0 Å². The SMILES string of the molecule is O=C(OCCOc1ccccc1)c1ccccc1F. The Kier molecular flexibility index (Phi) is 4.50. The first-order valence-corrected chi connectivity index (χ1v) is 5.87. The molecule has 0 aromatic heterocycles. The quantitative estimate of drug-likeness (QED) is 0.612. The Morgan fingerprint density at radius 2 is 1.63 bits per heavy atom. The fraction of sp³-hybridized carbons (Fsp3) is 0.133. The van der Waals surface area contributed by atoms with Gasteiger partial charge >= 0.3 is 5.97 Å². The highest BCUT2D eigenvalue weighted by Gasteiger charge is 2.11. The molecule has 0 fully saturated rings. The number of hydrogen-bond acceptors (Lipinski definition) is 3. The molecule has 0 aliphatic rings. The Labute approximate surface area is 110 Å². The van der Waals surface area contributed by atoms with E-state index in [0.717, 1.165) is 0 Å². The average Bonchev–Trinajstić information content (AvgIpc) is 2.45. The van der Waals surface area contributed by atoms with E-state index in [1.165, 1.54) is 18.2 Å². The van der Waals surface area contributed by atoms with Gasteiger partial charge in [0.2, 0.25) is 0 Å². The first kappa shape index (κ1) is 13.1. The highest BCUT2D eigenvalue weighted by atomic mass is 19.1. The third-order valence-corrected chi connectivity index (χ3v) is 2.42. The summed E-state index contributed by atoms with van der Waals surface area (Å²) in [7, 11) is 0. The number of benzene rings is 2. The average molecular weight is 260 g/mol. The van der Waals surface area contributed by atoms with Crippen LogP contribution in [0.3, 0.4) is 0 Å². The number of ether oxygens (including phenoxy) is 2. The number of carbonyl (C=O) groups excluding carboxylic acids is 1. The van der Waals surface area contributed by atoms with E-state index in [1.807, 2.05) is 18.2 Å². The van der Waals surface area contributed by atoms with Gasteiger partial charge in [-0.3, -0.25) is 0 Å². The smallest absolute Gasteiger partial charge is 0.341 e. The molecule has 98 valence electrons. The summed E-state index contributed by atoms with van der Waals surface area (Å²) in [5, 5.41) is 0. The van der Waals surface area contributed by atoms with E-state index < -0.39 is 11.8 Å². The molecule has 0 radical (unpaired) electrons. The lowest BCUT2D eigenvalue weighted by atomic mass is 10.2. The van der Waals surface area contributed by atoms with Crippen LogP contribution in [0, 0.1) is 5.82 Å². The molecular weight excluding hydrogens is 247 g/mol. The normalized spacial score (nSPS) is 9.95. The second kappa shape index (κ2) is 6.54. The molecule has 0 atom stereocenters. The van der Waals surface area contributed by atoms with Crippen molar-refractivity contribution in [2.24, 2.45) is 0 Å². The maximum atomic E-state index is 13.3. The number of hydrogen-bond donors (Lipinski definition) is 0. The van der Waals surface area contributed by atoms with Gasteiger partial charge in [-0.25, -0.2) is 9.18 Å². The summed E-state index contributed by atoms with van der Waals surface area (Å²) in [6.45, 7) is 0.298. The van der Waals surface area contributed by atoms with Crippen LogP contribution in [0.25, 0.3) is 0 Å². The van der Waals surface area contributed by atoms with Crippen LogP contribution in [0.15, 0.2) is 54.6 Å². The Bertz CT molecular complexity index is 540. The molecular formula is C15H13FO3. The topological polar surface area (TPSA) is 35.5 Å². The summed E-state index contributed by atoms with van der Waals surface area (Å²) in [4.78, 5) is 11.6. The molecule has 2 rings (SSSR count). The number of halogens is 1. The van der Waals surface area contributed by atoms with Gasteiger partial charge in [-0.1, -0.05) is 30.3 Å². The van der Waals surface area contributed by atoms with Crippen LogP contribution >= 0.6 is 0 Å². The Morgan fingerprint density at radius 1 is 0.947 bits per heavy atom. The molecule has 0 bridgehead atoms. The minimum atomic E-state index is -0.685. The van der Waals surface area contributed by atoms with Crippen molar-refractivity contribution >= 4 is 5.97 Å². The summed E-state index contributed by atoms with van der Waals surface area (Å²) in [5.74, 6) is -0.573. The van der Waals surface area contributed by atoms with Crippen molar-refractivity contribution in [3.8, 4) is 5.75 Å². The van der Waals surface area contributed by atoms with E-state index in [4.69, 9.17) is 9.47 Å². The third kappa shape index (κ3) is 3.81. The fourth-order valence-corrected chi connectivity index (χ4v) is 1.52. The zero-order valence-corrected chi connectivity index (χ0v) is 10.2. The third-order valence-electron chi connectivity index (χ3n) is 2.42. The van der Waals surface area contributed by atoms with E-state index in [-0.39, 0.29) is 18.8 Å². The molecule has 0 amide bonds. The lowest BCUT2D eigenvalue weighted by molar-refractivity contribution is 0.0445. The van der Waals surface area contributed by atoms with E-state index >= 15 is 0 Å². The minimum Gasteiger partial charge on any atom is -0.490 e. The molecule has 0 N–H and O–H groups in total. The zero-order valence-electron chi connectivity index (χ0n) is 10.2. The van der Waals surface area contributed by atoms with E-state index in [1.54, 1.807) is 18.2 Å². The molecule has 0 spiro atoms. The van der Waals surface area contributed by atoms with Gasteiger partial charge in [0.15, 0.2) is 0 Å². The van der Waals surface area contributed by atoms with Gasteiger partial charge in [0.05, 0.1) is 5.56 Å². The van der Waals surface area contributed by atoms with Crippen molar-refractivity contribution in [3.05, 3.63) is 66.0 Å². The molecule has 4 heteroatoms. The van der Waals surface area contributed by atoms with Crippen LogP contribution in [0.2, 0.25) is 0 Å². The van der Waals surface area contributed by atoms with Crippen LogP contribution in [-0.2, 0) is 4.74 Å². The van der Waals surface area contributed by atoms with Crippen molar-refractivity contribution in [2.75, 3.05) is 13.2 Å². The summed E-state index contributed by atoms with van der Waals surface area (Å²) in [6.07, 6.45) is 0. The first-order valence-electron chi connectivity index (χ1n) is 5.87. The number of carbonyl (C=O) groups is 1. The highest BCUT2D eigenvalue weighted by molar-refractivity contribution is 5.89.